The Morgan fingerprint density at radius 3 is 1.83 bits per heavy atom. The maximum atomic E-state index is 13.5. The van der Waals surface area contributed by atoms with E-state index in [0.717, 1.165) is 33.4 Å². The molecule has 1 aromatic heterocycles. The number of hydrogen-bond acceptors (Lipinski definition) is 7. The summed E-state index contributed by atoms with van der Waals surface area (Å²) < 4.78 is 34.7. The van der Waals surface area contributed by atoms with E-state index in [-0.39, 0.29) is 19.8 Å². The third kappa shape index (κ3) is 9.32. The van der Waals surface area contributed by atoms with Crippen LogP contribution in [0.5, 0.6) is 5.75 Å². The molecule has 294 valence electrons. The second kappa shape index (κ2) is 18.5. The van der Waals surface area contributed by atoms with Crippen LogP contribution >= 0.6 is 11.3 Å². The van der Waals surface area contributed by atoms with Gasteiger partial charge in [0.1, 0.15) is 30.7 Å². The fourth-order valence-corrected chi connectivity index (χ4v) is 8.52. The van der Waals surface area contributed by atoms with Crippen molar-refractivity contribution in [3.63, 3.8) is 0 Å². The van der Waals surface area contributed by atoms with Crippen LogP contribution in [0, 0.1) is 6.92 Å². The Morgan fingerprint density at radius 1 is 0.655 bits per heavy atom. The first-order valence-electron chi connectivity index (χ1n) is 19.7. The highest BCUT2D eigenvalue weighted by molar-refractivity contribution is 7.19. The standard InChI is InChI=1S/C51H48O6S/c1-36-27-46(54-32-39-19-9-4-10-20-39)45(30-43(36)29-44-28-42-25-15-16-26-48(42)58-44)51(52)50(56-34-41-23-13-6-14-24-41)49(55-33-40-21-11-5-12-22-40)37(2)47(57-51)35-53-31-38-17-7-3-8-18-38/h3-28,30,47,49-50,52H,2,29,31-35H2,1H3/t47-,49+,50-,51?/m1/s1. The Hall–Kier alpha value is -5.38. The van der Waals surface area contributed by atoms with E-state index < -0.39 is 24.1 Å². The van der Waals surface area contributed by atoms with Gasteiger partial charge in [0.25, 0.3) is 0 Å². The number of thiophene rings is 1. The fraction of sp³-hybridized carbons (Fsp3) is 0.216. The summed E-state index contributed by atoms with van der Waals surface area (Å²) in [5, 5.41) is 14.7. The lowest BCUT2D eigenvalue weighted by molar-refractivity contribution is -0.335. The lowest BCUT2D eigenvalue weighted by atomic mass is 9.84. The zero-order valence-corrected chi connectivity index (χ0v) is 33.5. The highest BCUT2D eigenvalue weighted by Crippen LogP contribution is 2.46. The summed E-state index contributed by atoms with van der Waals surface area (Å²) >= 11 is 1.77. The van der Waals surface area contributed by atoms with Gasteiger partial charge in [-0.3, -0.25) is 0 Å². The quantitative estimate of drug-likeness (QED) is 0.0984. The lowest BCUT2D eigenvalue weighted by Crippen LogP contribution is -2.59. The van der Waals surface area contributed by atoms with E-state index in [9.17, 15) is 5.11 Å². The minimum absolute atomic E-state index is 0.132. The lowest BCUT2D eigenvalue weighted by Gasteiger charge is -2.48. The van der Waals surface area contributed by atoms with Gasteiger partial charge in [0, 0.05) is 16.0 Å². The van der Waals surface area contributed by atoms with E-state index in [2.05, 4.69) is 43.8 Å². The second-order valence-corrected chi connectivity index (χ2v) is 16.0. The minimum Gasteiger partial charge on any atom is -0.488 e. The number of fused-ring (bicyclic) bond motifs is 1. The Bertz CT molecular complexity index is 2370. The molecule has 0 bridgehead atoms. The second-order valence-electron chi connectivity index (χ2n) is 14.8. The summed E-state index contributed by atoms with van der Waals surface area (Å²) in [7, 11) is 0. The molecule has 8 rings (SSSR count). The molecule has 0 amide bonds. The molecular formula is C51H48O6S. The molecule has 0 aliphatic carbocycles. The Balaban J connectivity index is 1.22. The maximum absolute atomic E-state index is 13.5. The Morgan fingerprint density at radius 2 is 1.21 bits per heavy atom. The summed E-state index contributed by atoms with van der Waals surface area (Å²) in [5.41, 5.74) is 7.11. The normalized spacial score (nSPS) is 19.3. The van der Waals surface area contributed by atoms with E-state index in [4.69, 9.17) is 23.7 Å². The van der Waals surface area contributed by atoms with E-state index in [0.29, 0.717) is 36.5 Å². The maximum Gasteiger partial charge on any atom is 0.226 e. The fourth-order valence-electron chi connectivity index (χ4n) is 7.44. The smallest absolute Gasteiger partial charge is 0.226 e. The number of aliphatic hydroxyl groups is 1. The van der Waals surface area contributed by atoms with Crippen LogP contribution in [0.3, 0.4) is 0 Å². The predicted molar refractivity (Wildman–Crippen MR) is 231 cm³/mol. The Labute approximate surface area is 344 Å². The molecule has 2 heterocycles. The molecule has 7 heteroatoms. The minimum atomic E-state index is -2.06. The van der Waals surface area contributed by atoms with E-state index in [1.54, 1.807) is 11.3 Å². The number of benzene rings is 6. The average Bonchev–Trinajstić information content (AvgIpc) is 3.68. The summed E-state index contributed by atoms with van der Waals surface area (Å²) in [6.07, 6.45) is -1.93. The van der Waals surface area contributed by atoms with Crippen LogP contribution in [0.4, 0.5) is 0 Å². The zero-order valence-electron chi connectivity index (χ0n) is 32.7. The molecule has 6 aromatic carbocycles. The van der Waals surface area contributed by atoms with Crippen molar-refractivity contribution in [1.29, 1.82) is 0 Å². The van der Waals surface area contributed by atoms with Gasteiger partial charge in [-0.1, -0.05) is 146 Å². The van der Waals surface area contributed by atoms with Crippen LogP contribution < -0.4 is 4.74 Å². The Kier molecular flexibility index (Phi) is 12.6. The first-order chi connectivity index (χ1) is 28.4. The summed E-state index contributed by atoms with van der Waals surface area (Å²) in [5.74, 6) is -1.57. The molecule has 4 atom stereocenters. The molecule has 1 aliphatic heterocycles. The van der Waals surface area contributed by atoms with Crippen molar-refractivity contribution in [2.24, 2.45) is 0 Å². The van der Waals surface area contributed by atoms with E-state index in [1.165, 1.54) is 15.0 Å². The highest BCUT2D eigenvalue weighted by Gasteiger charge is 2.55. The molecule has 1 unspecified atom stereocenters. The average molecular weight is 789 g/mol. The molecule has 0 spiro atoms. The van der Waals surface area contributed by atoms with Crippen LogP contribution in [-0.2, 0) is 57.6 Å². The molecule has 6 nitrogen and oxygen atoms in total. The van der Waals surface area contributed by atoms with Gasteiger partial charge in [0.2, 0.25) is 5.79 Å². The van der Waals surface area contributed by atoms with Crippen molar-refractivity contribution in [2.75, 3.05) is 6.61 Å². The molecule has 1 fully saturated rings. The van der Waals surface area contributed by atoms with Crippen LogP contribution in [0.1, 0.15) is 43.8 Å². The highest BCUT2D eigenvalue weighted by atomic mass is 32.1. The van der Waals surface area contributed by atoms with Gasteiger partial charge in [-0.2, -0.15) is 0 Å². The monoisotopic (exact) mass is 788 g/mol. The van der Waals surface area contributed by atoms with Crippen LogP contribution in [0.15, 0.2) is 176 Å². The van der Waals surface area contributed by atoms with Gasteiger partial charge in [-0.25, -0.2) is 0 Å². The first-order valence-corrected chi connectivity index (χ1v) is 20.5. The molecule has 0 radical (unpaired) electrons. The van der Waals surface area contributed by atoms with Crippen LogP contribution in [-0.4, -0.2) is 30.0 Å². The largest absolute Gasteiger partial charge is 0.488 e. The number of rotatable bonds is 16. The van der Waals surface area contributed by atoms with Gasteiger partial charge >= 0.3 is 0 Å². The van der Waals surface area contributed by atoms with Crippen LogP contribution in [0.25, 0.3) is 10.1 Å². The molecule has 7 aromatic rings. The van der Waals surface area contributed by atoms with Gasteiger partial charge < -0.3 is 28.8 Å². The molecule has 58 heavy (non-hydrogen) atoms. The van der Waals surface area contributed by atoms with E-state index >= 15 is 0 Å². The predicted octanol–water partition coefficient (Wildman–Crippen LogP) is 10.9. The van der Waals surface area contributed by atoms with Gasteiger partial charge in [0.05, 0.1) is 32.0 Å². The molecule has 1 N–H and O–H groups in total. The van der Waals surface area contributed by atoms with Crippen molar-refractivity contribution in [2.45, 2.75) is 63.9 Å². The van der Waals surface area contributed by atoms with Crippen LogP contribution in [0.2, 0.25) is 0 Å². The summed E-state index contributed by atoms with van der Waals surface area (Å²) in [4.78, 5) is 1.21. The topological polar surface area (TPSA) is 66.4 Å². The first kappa shape index (κ1) is 39.4. The molecule has 1 saturated heterocycles. The van der Waals surface area contributed by atoms with Crippen molar-refractivity contribution in [3.05, 3.63) is 220 Å². The molecule has 0 saturated carbocycles. The van der Waals surface area contributed by atoms with Crippen molar-refractivity contribution >= 4 is 21.4 Å². The summed E-state index contributed by atoms with van der Waals surface area (Å²) in [6.45, 7) is 7.88. The SMILES string of the molecule is C=C1[C@@H](COCc2ccccc2)OC(O)(c2cc(Cc3cc4ccccc4s3)c(C)cc2OCc2ccccc2)[C@H](OCc2ccccc2)[C@H]1OCc1ccccc1. The summed E-state index contributed by atoms with van der Waals surface area (Å²) in [6, 6.07) is 54.6. The van der Waals surface area contributed by atoms with Crippen molar-refractivity contribution < 1.29 is 28.8 Å². The van der Waals surface area contributed by atoms with Gasteiger partial charge in [-0.15, -0.1) is 11.3 Å². The zero-order chi connectivity index (χ0) is 39.7. The molecular weight excluding hydrogens is 741 g/mol. The van der Waals surface area contributed by atoms with Crippen molar-refractivity contribution in [1.82, 2.24) is 0 Å². The van der Waals surface area contributed by atoms with E-state index in [1.807, 2.05) is 133 Å². The number of aryl methyl sites for hydroxylation is 1. The van der Waals surface area contributed by atoms with Gasteiger partial charge in [0.15, 0.2) is 0 Å². The number of ether oxygens (including phenoxy) is 5. The van der Waals surface area contributed by atoms with Crippen molar-refractivity contribution in [3.8, 4) is 5.75 Å². The molecule has 1 aliphatic rings. The number of hydrogen-bond donors (Lipinski definition) is 1. The third-order valence-electron chi connectivity index (χ3n) is 10.6. The third-order valence-corrected chi connectivity index (χ3v) is 11.7. The van der Waals surface area contributed by atoms with Gasteiger partial charge in [-0.05, 0) is 75.5 Å².